The van der Waals surface area contributed by atoms with E-state index >= 15 is 0 Å². The molecule has 0 aromatic carbocycles. The summed E-state index contributed by atoms with van der Waals surface area (Å²) in [6, 6.07) is 0.602. The average Bonchev–Trinajstić information content (AvgIpc) is 2.15. The molecule has 1 rings (SSSR count). The van der Waals surface area contributed by atoms with Gasteiger partial charge in [-0.15, -0.1) is 0 Å². The van der Waals surface area contributed by atoms with E-state index in [0.29, 0.717) is 12.1 Å². The Morgan fingerprint density at radius 3 is 2.92 bits per heavy atom. The number of hydrogen-bond acceptors (Lipinski definition) is 2. The topological polar surface area (TPSA) is 21.3 Å². The lowest BCUT2D eigenvalue weighted by Gasteiger charge is -2.32. The summed E-state index contributed by atoms with van der Waals surface area (Å²) in [5.74, 6) is 0. The standard InChI is InChI=1S/C10H21NO/c1-3-5-6-10-9(4-2)11-7-8-12-10/h9-11H,3-8H2,1-2H3. The van der Waals surface area contributed by atoms with Crippen molar-refractivity contribution in [1.82, 2.24) is 5.32 Å². The number of morpholine rings is 1. The lowest BCUT2D eigenvalue weighted by Crippen LogP contribution is -2.47. The minimum Gasteiger partial charge on any atom is -0.375 e. The maximum atomic E-state index is 5.72. The zero-order valence-corrected chi connectivity index (χ0v) is 8.31. The van der Waals surface area contributed by atoms with E-state index in [4.69, 9.17) is 4.74 Å². The Hall–Kier alpha value is -0.0800. The predicted molar refractivity (Wildman–Crippen MR) is 51.3 cm³/mol. The van der Waals surface area contributed by atoms with Crippen molar-refractivity contribution in [2.45, 2.75) is 51.7 Å². The van der Waals surface area contributed by atoms with Gasteiger partial charge in [0, 0.05) is 12.6 Å². The molecule has 0 saturated carbocycles. The second-order valence-electron chi connectivity index (χ2n) is 3.52. The van der Waals surface area contributed by atoms with Crippen LogP contribution in [0.1, 0.15) is 39.5 Å². The quantitative estimate of drug-likeness (QED) is 0.698. The molecule has 0 spiro atoms. The highest BCUT2D eigenvalue weighted by Gasteiger charge is 2.22. The van der Waals surface area contributed by atoms with Crippen LogP contribution in [0.25, 0.3) is 0 Å². The highest BCUT2D eigenvalue weighted by Crippen LogP contribution is 2.14. The molecule has 0 bridgehead atoms. The molecule has 2 unspecified atom stereocenters. The van der Waals surface area contributed by atoms with Crippen LogP contribution >= 0.6 is 0 Å². The van der Waals surface area contributed by atoms with Crippen LogP contribution in [0, 0.1) is 0 Å². The first-order valence-electron chi connectivity index (χ1n) is 5.23. The monoisotopic (exact) mass is 171 g/mol. The molecule has 1 fully saturated rings. The van der Waals surface area contributed by atoms with Crippen molar-refractivity contribution >= 4 is 0 Å². The fourth-order valence-corrected chi connectivity index (χ4v) is 1.80. The van der Waals surface area contributed by atoms with E-state index in [1.54, 1.807) is 0 Å². The van der Waals surface area contributed by atoms with Gasteiger partial charge in [0.2, 0.25) is 0 Å². The minimum atomic E-state index is 0.476. The molecule has 72 valence electrons. The SMILES string of the molecule is CCCCC1OCCNC1CC. The molecule has 0 radical (unpaired) electrons. The molecule has 1 heterocycles. The van der Waals surface area contributed by atoms with E-state index in [9.17, 15) is 0 Å². The summed E-state index contributed by atoms with van der Waals surface area (Å²) in [7, 11) is 0. The molecule has 2 atom stereocenters. The smallest absolute Gasteiger partial charge is 0.0728 e. The molecule has 1 aliphatic heterocycles. The van der Waals surface area contributed by atoms with Crippen LogP contribution in [0.5, 0.6) is 0 Å². The number of ether oxygens (including phenoxy) is 1. The van der Waals surface area contributed by atoms with Gasteiger partial charge in [-0.25, -0.2) is 0 Å². The number of rotatable bonds is 4. The van der Waals surface area contributed by atoms with Gasteiger partial charge in [0.05, 0.1) is 12.7 Å². The van der Waals surface area contributed by atoms with Crippen LogP contribution in [0.2, 0.25) is 0 Å². The first-order valence-corrected chi connectivity index (χ1v) is 5.23. The molecule has 0 aromatic heterocycles. The maximum Gasteiger partial charge on any atom is 0.0728 e. The van der Waals surface area contributed by atoms with Crippen molar-refractivity contribution in [2.24, 2.45) is 0 Å². The van der Waals surface area contributed by atoms with E-state index in [2.05, 4.69) is 19.2 Å². The van der Waals surface area contributed by atoms with Crippen molar-refractivity contribution in [2.75, 3.05) is 13.2 Å². The second-order valence-corrected chi connectivity index (χ2v) is 3.52. The van der Waals surface area contributed by atoms with E-state index in [1.165, 1.54) is 25.7 Å². The van der Waals surface area contributed by atoms with Gasteiger partial charge >= 0.3 is 0 Å². The first-order chi connectivity index (χ1) is 5.88. The number of nitrogens with one attached hydrogen (secondary N) is 1. The minimum absolute atomic E-state index is 0.476. The zero-order chi connectivity index (χ0) is 8.81. The molecule has 1 saturated heterocycles. The van der Waals surface area contributed by atoms with Gasteiger partial charge in [0.15, 0.2) is 0 Å². The third-order valence-corrected chi connectivity index (χ3v) is 2.57. The van der Waals surface area contributed by atoms with Crippen LogP contribution in [0.15, 0.2) is 0 Å². The van der Waals surface area contributed by atoms with Gasteiger partial charge in [0.25, 0.3) is 0 Å². The van der Waals surface area contributed by atoms with Crippen molar-refractivity contribution in [3.05, 3.63) is 0 Å². The zero-order valence-electron chi connectivity index (χ0n) is 8.31. The van der Waals surface area contributed by atoms with Gasteiger partial charge in [0.1, 0.15) is 0 Å². The Balaban J connectivity index is 2.26. The lowest BCUT2D eigenvalue weighted by molar-refractivity contribution is -0.0105. The first kappa shape index (κ1) is 10.0. The van der Waals surface area contributed by atoms with Gasteiger partial charge in [-0.05, 0) is 12.8 Å². The fraction of sp³-hybridized carbons (Fsp3) is 1.00. The fourth-order valence-electron chi connectivity index (χ4n) is 1.80. The molecule has 1 N–H and O–H groups in total. The van der Waals surface area contributed by atoms with Crippen molar-refractivity contribution in [3.8, 4) is 0 Å². The van der Waals surface area contributed by atoms with E-state index in [0.717, 1.165) is 13.2 Å². The summed E-state index contributed by atoms with van der Waals surface area (Å²) in [5, 5.41) is 3.50. The molecule has 0 aromatic rings. The van der Waals surface area contributed by atoms with Crippen molar-refractivity contribution in [1.29, 1.82) is 0 Å². The van der Waals surface area contributed by atoms with Gasteiger partial charge in [-0.1, -0.05) is 26.7 Å². The van der Waals surface area contributed by atoms with Crippen LogP contribution in [-0.4, -0.2) is 25.3 Å². The Kier molecular flexibility index (Phi) is 4.62. The maximum absolute atomic E-state index is 5.72. The largest absolute Gasteiger partial charge is 0.375 e. The van der Waals surface area contributed by atoms with Gasteiger partial charge < -0.3 is 10.1 Å². The summed E-state index contributed by atoms with van der Waals surface area (Å²) in [5.41, 5.74) is 0. The summed E-state index contributed by atoms with van der Waals surface area (Å²) >= 11 is 0. The molecule has 1 aliphatic rings. The second kappa shape index (κ2) is 5.55. The third kappa shape index (κ3) is 2.76. The van der Waals surface area contributed by atoms with Crippen LogP contribution in [0.3, 0.4) is 0 Å². The highest BCUT2D eigenvalue weighted by molar-refractivity contribution is 4.79. The molecular formula is C10H21NO. The lowest BCUT2D eigenvalue weighted by atomic mass is 10.0. The normalized spacial score (nSPS) is 30.5. The molecular weight excluding hydrogens is 150 g/mol. The average molecular weight is 171 g/mol. The summed E-state index contributed by atoms with van der Waals surface area (Å²) in [6.07, 6.45) is 5.46. The molecule has 12 heavy (non-hydrogen) atoms. The summed E-state index contributed by atoms with van der Waals surface area (Å²) in [6.45, 7) is 6.38. The van der Waals surface area contributed by atoms with Crippen LogP contribution in [0.4, 0.5) is 0 Å². The number of unbranched alkanes of at least 4 members (excludes halogenated alkanes) is 1. The predicted octanol–water partition coefficient (Wildman–Crippen LogP) is 1.94. The summed E-state index contributed by atoms with van der Waals surface area (Å²) in [4.78, 5) is 0. The Bertz CT molecular complexity index is 116. The molecule has 2 heteroatoms. The highest BCUT2D eigenvalue weighted by atomic mass is 16.5. The van der Waals surface area contributed by atoms with Crippen LogP contribution < -0.4 is 5.32 Å². The van der Waals surface area contributed by atoms with Crippen molar-refractivity contribution in [3.63, 3.8) is 0 Å². The van der Waals surface area contributed by atoms with E-state index in [1.807, 2.05) is 0 Å². The number of hydrogen-bond donors (Lipinski definition) is 1. The third-order valence-electron chi connectivity index (χ3n) is 2.57. The van der Waals surface area contributed by atoms with Gasteiger partial charge in [-0.2, -0.15) is 0 Å². The molecule has 2 nitrogen and oxygen atoms in total. The van der Waals surface area contributed by atoms with E-state index in [-0.39, 0.29) is 0 Å². The van der Waals surface area contributed by atoms with Crippen molar-refractivity contribution < 1.29 is 4.74 Å². The van der Waals surface area contributed by atoms with Crippen LogP contribution in [-0.2, 0) is 4.74 Å². The molecule has 0 aliphatic carbocycles. The Labute approximate surface area is 75.7 Å². The van der Waals surface area contributed by atoms with E-state index < -0.39 is 0 Å². The molecule has 0 amide bonds. The Morgan fingerprint density at radius 2 is 2.25 bits per heavy atom. The van der Waals surface area contributed by atoms with Gasteiger partial charge in [-0.3, -0.25) is 0 Å². The summed E-state index contributed by atoms with van der Waals surface area (Å²) < 4.78 is 5.72. The Morgan fingerprint density at radius 1 is 1.42 bits per heavy atom.